The summed E-state index contributed by atoms with van der Waals surface area (Å²) in [7, 11) is 0. The SMILES string of the molecule is O=C(O)CCCC#CCN1C(=O)CCCC1CO. The number of carboxylic acid groups (broad SMARTS) is 1. The lowest BCUT2D eigenvalue weighted by Gasteiger charge is -2.32. The molecule has 0 aromatic heterocycles. The number of aliphatic hydroxyl groups is 1. The molecule has 1 saturated heterocycles. The van der Waals surface area contributed by atoms with E-state index in [1.54, 1.807) is 4.90 Å². The molecule has 100 valence electrons. The Bertz CT molecular complexity index is 356. The van der Waals surface area contributed by atoms with Gasteiger partial charge in [0.15, 0.2) is 0 Å². The second-order valence-corrected chi connectivity index (χ2v) is 4.35. The van der Waals surface area contributed by atoms with Crippen molar-refractivity contribution < 1.29 is 19.8 Å². The van der Waals surface area contributed by atoms with Gasteiger partial charge in [-0.05, 0) is 19.3 Å². The molecule has 1 fully saturated rings. The van der Waals surface area contributed by atoms with Gasteiger partial charge in [0.2, 0.25) is 5.91 Å². The van der Waals surface area contributed by atoms with Gasteiger partial charge < -0.3 is 15.1 Å². The van der Waals surface area contributed by atoms with Gasteiger partial charge in [0, 0.05) is 19.3 Å². The van der Waals surface area contributed by atoms with Crippen LogP contribution in [0.1, 0.15) is 38.5 Å². The number of carboxylic acids is 1. The van der Waals surface area contributed by atoms with Crippen LogP contribution in [0.4, 0.5) is 0 Å². The zero-order valence-corrected chi connectivity index (χ0v) is 10.4. The van der Waals surface area contributed by atoms with Crippen molar-refractivity contribution in [2.24, 2.45) is 0 Å². The zero-order chi connectivity index (χ0) is 13.4. The van der Waals surface area contributed by atoms with Crippen molar-refractivity contribution >= 4 is 11.9 Å². The van der Waals surface area contributed by atoms with Crippen molar-refractivity contribution in [3.8, 4) is 11.8 Å². The Morgan fingerprint density at radius 2 is 2.22 bits per heavy atom. The van der Waals surface area contributed by atoms with Gasteiger partial charge in [0.25, 0.3) is 0 Å². The van der Waals surface area contributed by atoms with Crippen LogP contribution in [0.15, 0.2) is 0 Å². The van der Waals surface area contributed by atoms with Crippen LogP contribution in [0.2, 0.25) is 0 Å². The maximum absolute atomic E-state index is 11.6. The minimum absolute atomic E-state index is 0.0214. The number of carbonyl (C=O) groups is 2. The molecule has 18 heavy (non-hydrogen) atoms. The van der Waals surface area contributed by atoms with E-state index >= 15 is 0 Å². The second-order valence-electron chi connectivity index (χ2n) is 4.35. The molecular weight excluding hydrogens is 234 g/mol. The normalized spacial score (nSPS) is 19.3. The summed E-state index contributed by atoms with van der Waals surface area (Å²) in [6, 6.07) is -0.112. The molecular formula is C13H19NO4. The van der Waals surface area contributed by atoms with Gasteiger partial charge in [0.05, 0.1) is 19.2 Å². The number of unbranched alkanes of at least 4 members (excludes halogenated alkanes) is 1. The van der Waals surface area contributed by atoms with E-state index in [2.05, 4.69) is 11.8 Å². The summed E-state index contributed by atoms with van der Waals surface area (Å²) in [5, 5.41) is 17.6. The lowest BCUT2D eigenvalue weighted by atomic mass is 10.0. The average molecular weight is 253 g/mol. The predicted molar refractivity (Wildman–Crippen MR) is 65.7 cm³/mol. The first-order valence-electron chi connectivity index (χ1n) is 6.23. The van der Waals surface area contributed by atoms with E-state index in [0.29, 0.717) is 25.8 Å². The topological polar surface area (TPSA) is 77.8 Å². The Kier molecular flexibility index (Phi) is 6.23. The summed E-state index contributed by atoms with van der Waals surface area (Å²) < 4.78 is 0. The molecule has 2 N–H and O–H groups in total. The van der Waals surface area contributed by atoms with Gasteiger partial charge >= 0.3 is 5.97 Å². The number of rotatable bonds is 5. The van der Waals surface area contributed by atoms with Crippen LogP contribution in [-0.2, 0) is 9.59 Å². The summed E-state index contributed by atoms with van der Waals surface area (Å²) in [5.41, 5.74) is 0. The third kappa shape index (κ3) is 4.76. The van der Waals surface area contributed by atoms with Crippen LogP contribution in [0, 0.1) is 11.8 Å². The van der Waals surface area contributed by atoms with Crippen molar-refractivity contribution in [1.29, 1.82) is 0 Å². The monoisotopic (exact) mass is 253 g/mol. The maximum Gasteiger partial charge on any atom is 0.303 e. The minimum Gasteiger partial charge on any atom is -0.481 e. The minimum atomic E-state index is -0.816. The van der Waals surface area contributed by atoms with E-state index < -0.39 is 5.97 Å². The van der Waals surface area contributed by atoms with Gasteiger partial charge in [-0.15, -0.1) is 5.92 Å². The standard InChI is InChI=1S/C13H19NO4/c15-10-11-6-5-7-12(16)14(11)9-4-2-1-3-8-13(17)18/h11,15H,1,3,5-10H2,(H,17,18). The van der Waals surface area contributed by atoms with Crippen molar-refractivity contribution in [1.82, 2.24) is 4.90 Å². The van der Waals surface area contributed by atoms with Crippen molar-refractivity contribution in [2.75, 3.05) is 13.2 Å². The highest BCUT2D eigenvalue weighted by Gasteiger charge is 2.26. The van der Waals surface area contributed by atoms with E-state index in [1.165, 1.54) is 0 Å². The molecule has 0 aliphatic carbocycles. The molecule has 0 aromatic rings. The number of carbonyl (C=O) groups excluding carboxylic acids is 1. The molecule has 0 saturated carbocycles. The van der Waals surface area contributed by atoms with Crippen LogP contribution in [0.25, 0.3) is 0 Å². The molecule has 0 spiro atoms. The number of nitrogens with zero attached hydrogens (tertiary/aromatic N) is 1. The lowest BCUT2D eigenvalue weighted by molar-refractivity contribution is -0.137. The summed E-state index contributed by atoms with van der Waals surface area (Å²) in [5.74, 6) is 4.96. The quantitative estimate of drug-likeness (QED) is 0.556. The first kappa shape index (κ1) is 14.5. The van der Waals surface area contributed by atoms with Gasteiger partial charge in [-0.2, -0.15) is 0 Å². The van der Waals surface area contributed by atoms with Gasteiger partial charge in [-0.3, -0.25) is 9.59 Å². The van der Waals surface area contributed by atoms with Gasteiger partial charge in [-0.25, -0.2) is 0 Å². The third-order valence-corrected chi connectivity index (χ3v) is 2.97. The van der Waals surface area contributed by atoms with Crippen LogP contribution in [-0.4, -0.2) is 46.2 Å². The molecule has 5 heteroatoms. The van der Waals surface area contributed by atoms with Crippen LogP contribution >= 0.6 is 0 Å². The first-order chi connectivity index (χ1) is 8.65. The van der Waals surface area contributed by atoms with Crippen molar-refractivity contribution in [2.45, 2.75) is 44.6 Å². The van der Waals surface area contributed by atoms with Gasteiger partial charge in [0.1, 0.15) is 0 Å². The Labute approximate surface area is 107 Å². The predicted octanol–water partition coefficient (Wildman–Crippen LogP) is 0.618. The van der Waals surface area contributed by atoms with Crippen LogP contribution in [0.5, 0.6) is 0 Å². The zero-order valence-electron chi connectivity index (χ0n) is 10.4. The van der Waals surface area contributed by atoms with Crippen LogP contribution < -0.4 is 0 Å². The van der Waals surface area contributed by atoms with Crippen LogP contribution in [0.3, 0.4) is 0 Å². The van der Waals surface area contributed by atoms with E-state index in [9.17, 15) is 14.7 Å². The summed E-state index contributed by atoms with van der Waals surface area (Å²) >= 11 is 0. The molecule has 0 radical (unpaired) electrons. The Hall–Kier alpha value is -1.54. The first-order valence-corrected chi connectivity index (χ1v) is 6.23. The average Bonchev–Trinajstić information content (AvgIpc) is 2.34. The van der Waals surface area contributed by atoms with Gasteiger partial charge in [-0.1, -0.05) is 5.92 Å². The number of amides is 1. The summed E-state index contributed by atoms with van der Waals surface area (Å²) in [4.78, 5) is 23.5. The smallest absolute Gasteiger partial charge is 0.303 e. The molecule has 1 unspecified atom stereocenters. The summed E-state index contributed by atoms with van der Waals surface area (Å²) in [6.45, 7) is 0.309. The molecule has 1 aliphatic heterocycles. The number of aliphatic hydroxyl groups excluding tert-OH is 1. The molecule has 1 aliphatic rings. The molecule has 1 rings (SSSR count). The Balaban J connectivity index is 2.33. The number of aliphatic carboxylic acids is 1. The highest BCUT2D eigenvalue weighted by Crippen LogP contribution is 2.17. The maximum atomic E-state index is 11.6. The molecule has 0 bridgehead atoms. The summed E-state index contributed by atoms with van der Waals surface area (Å²) in [6.07, 6.45) is 3.35. The third-order valence-electron chi connectivity index (χ3n) is 2.97. The molecule has 5 nitrogen and oxygen atoms in total. The van der Waals surface area contributed by atoms with E-state index in [4.69, 9.17) is 5.11 Å². The second kappa shape index (κ2) is 7.72. The number of hydrogen-bond acceptors (Lipinski definition) is 3. The fourth-order valence-electron chi connectivity index (χ4n) is 1.96. The largest absolute Gasteiger partial charge is 0.481 e. The number of likely N-dealkylation sites (tertiary alicyclic amines) is 1. The van der Waals surface area contributed by atoms with E-state index in [1.807, 2.05) is 0 Å². The van der Waals surface area contributed by atoms with E-state index in [-0.39, 0.29) is 25.0 Å². The fourth-order valence-corrected chi connectivity index (χ4v) is 1.96. The highest BCUT2D eigenvalue weighted by atomic mass is 16.4. The molecule has 1 atom stereocenters. The molecule has 0 aromatic carbocycles. The molecule has 1 heterocycles. The fraction of sp³-hybridized carbons (Fsp3) is 0.692. The highest BCUT2D eigenvalue weighted by molar-refractivity contribution is 5.77. The number of hydrogen-bond donors (Lipinski definition) is 2. The lowest BCUT2D eigenvalue weighted by Crippen LogP contribution is -2.45. The van der Waals surface area contributed by atoms with Crippen molar-refractivity contribution in [3.63, 3.8) is 0 Å². The van der Waals surface area contributed by atoms with E-state index in [0.717, 1.165) is 12.8 Å². The number of piperidine rings is 1. The Morgan fingerprint density at radius 3 is 2.89 bits per heavy atom. The van der Waals surface area contributed by atoms with Crippen molar-refractivity contribution in [3.05, 3.63) is 0 Å². The molecule has 1 amide bonds. The Morgan fingerprint density at radius 1 is 1.44 bits per heavy atom.